The molecule has 1 heterocycles. The van der Waals surface area contributed by atoms with E-state index in [0.29, 0.717) is 5.57 Å². The second-order valence-electron chi connectivity index (χ2n) is 4.64. The number of hydrogen-bond acceptors (Lipinski definition) is 4. The van der Waals surface area contributed by atoms with Crippen LogP contribution < -0.4 is 5.32 Å². The second-order valence-corrected chi connectivity index (χ2v) is 4.64. The van der Waals surface area contributed by atoms with E-state index >= 15 is 0 Å². The highest BCUT2D eigenvalue weighted by atomic mass is 16.5. The first kappa shape index (κ1) is 13.5. The van der Waals surface area contributed by atoms with Gasteiger partial charge in [-0.25, -0.2) is 0 Å². The summed E-state index contributed by atoms with van der Waals surface area (Å²) >= 11 is 0. The van der Waals surface area contributed by atoms with Gasteiger partial charge in [0.1, 0.15) is 0 Å². The molecule has 0 spiro atoms. The third-order valence-corrected chi connectivity index (χ3v) is 3.45. The summed E-state index contributed by atoms with van der Waals surface area (Å²) in [5.41, 5.74) is 2.55. The number of Topliss-reactive ketones (excluding diaryl/α,β-unsaturated/α-hetero) is 1. The third kappa shape index (κ3) is 2.58. The zero-order valence-corrected chi connectivity index (χ0v) is 11.1. The van der Waals surface area contributed by atoms with E-state index in [1.807, 2.05) is 24.3 Å². The van der Waals surface area contributed by atoms with Crippen LogP contribution in [0.15, 0.2) is 36.4 Å². The first-order chi connectivity index (χ1) is 9.04. The van der Waals surface area contributed by atoms with E-state index in [9.17, 15) is 9.59 Å². The van der Waals surface area contributed by atoms with E-state index in [1.54, 1.807) is 0 Å². The van der Waals surface area contributed by atoms with E-state index in [2.05, 4.69) is 11.9 Å². The van der Waals surface area contributed by atoms with Gasteiger partial charge < -0.3 is 4.74 Å². The maximum absolute atomic E-state index is 11.5. The molecule has 100 valence electrons. The highest BCUT2D eigenvalue weighted by molar-refractivity contribution is 5.94. The van der Waals surface area contributed by atoms with Gasteiger partial charge in [0, 0.05) is 11.6 Å². The number of ketones is 1. The van der Waals surface area contributed by atoms with E-state index < -0.39 is 0 Å². The van der Waals surface area contributed by atoms with Crippen molar-refractivity contribution in [3.63, 3.8) is 0 Å². The molecule has 1 aliphatic rings. The average molecular weight is 259 g/mol. The predicted octanol–water partition coefficient (Wildman–Crippen LogP) is 2.08. The van der Waals surface area contributed by atoms with Gasteiger partial charge in [0.2, 0.25) is 0 Å². The lowest BCUT2D eigenvalue weighted by atomic mass is 9.96. The van der Waals surface area contributed by atoms with Crippen LogP contribution in [0.25, 0.3) is 0 Å². The quantitative estimate of drug-likeness (QED) is 0.664. The highest BCUT2D eigenvalue weighted by Gasteiger charge is 2.33. The van der Waals surface area contributed by atoms with Gasteiger partial charge in [-0.3, -0.25) is 14.9 Å². The van der Waals surface area contributed by atoms with Crippen LogP contribution in [0.1, 0.15) is 36.6 Å². The summed E-state index contributed by atoms with van der Waals surface area (Å²) in [6, 6.07) is 7.40. The van der Waals surface area contributed by atoms with Gasteiger partial charge in [-0.15, -0.1) is 0 Å². The van der Waals surface area contributed by atoms with Crippen LogP contribution in [0.4, 0.5) is 0 Å². The van der Waals surface area contributed by atoms with Crippen molar-refractivity contribution in [1.82, 2.24) is 5.32 Å². The van der Waals surface area contributed by atoms with Crippen molar-refractivity contribution in [1.29, 1.82) is 0 Å². The summed E-state index contributed by atoms with van der Waals surface area (Å²) in [5, 5.41) is 3.28. The molecule has 19 heavy (non-hydrogen) atoms. The Balaban J connectivity index is 2.31. The third-order valence-electron chi connectivity index (χ3n) is 3.45. The normalized spacial score (nSPS) is 20.7. The van der Waals surface area contributed by atoms with Crippen LogP contribution in [0.3, 0.4) is 0 Å². The Kier molecular flexibility index (Phi) is 3.81. The van der Waals surface area contributed by atoms with Crippen LogP contribution in [0, 0.1) is 0 Å². The molecule has 0 aliphatic carbocycles. The first-order valence-corrected chi connectivity index (χ1v) is 6.16. The molecule has 0 aromatic heterocycles. The number of methoxy groups -OCH3 is 1. The Labute approximate surface area is 112 Å². The van der Waals surface area contributed by atoms with Crippen molar-refractivity contribution in [3.8, 4) is 0 Å². The maximum Gasteiger partial charge on any atom is 0.307 e. The highest BCUT2D eigenvalue weighted by Crippen LogP contribution is 2.38. The Morgan fingerprint density at radius 3 is 2.53 bits per heavy atom. The number of nitrogens with one attached hydrogen (secondary N) is 1. The topological polar surface area (TPSA) is 55.4 Å². The Hall–Kier alpha value is -1.94. The maximum atomic E-state index is 11.5. The molecule has 2 atom stereocenters. The Morgan fingerprint density at radius 2 is 1.95 bits per heavy atom. The van der Waals surface area contributed by atoms with Crippen molar-refractivity contribution in [2.45, 2.75) is 25.4 Å². The number of carbonyl (C=O) groups is 2. The molecule has 1 N–H and O–H groups in total. The molecule has 1 aromatic carbocycles. The molecule has 1 aromatic rings. The van der Waals surface area contributed by atoms with Crippen molar-refractivity contribution < 1.29 is 14.3 Å². The molecule has 1 aliphatic heterocycles. The van der Waals surface area contributed by atoms with Crippen molar-refractivity contribution in [2.24, 2.45) is 0 Å². The molecular formula is C15H17NO3. The number of carbonyl (C=O) groups excluding carboxylic acids is 2. The minimum absolute atomic E-state index is 0.0500. The zero-order chi connectivity index (χ0) is 14.0. The van der Waals surface area contributed by atoms with Crippen molar-refractivity contribution in [2.75, 3.05) is 7.11 Å². The van der Waals surface area contributed by atoms with Crippen LogP contribution in [0.2, 0.25) is 0 Å². The second kappa shape index (κ2) is 5.36. The van der Waals surface area contributed by atoms with Gasteiger partial charge in [0.05, 0.1) is 19.6 Å². The molecule has 2 rings (SSSR count). The van der Waals surface area contributed by atoms with Gasteiger partial charge in [-0.1, -0.05) is 30.8 Å². The molecule has 0 bridgehead atoms. The number of esters is 1. The summed E-state index contributed by atoms with van der Waals surface area (Å²) < 4.78 is 4.70. The molecule has 0 unspecified atom stereocenters. The lowest BCUT2D eigenvalue weighted by Crippen LogP contribution is -2.23. The molecular weight excluding hydrogens is 242 g/mol. The summed E-state index contributed by atoms with van der Waals surface area (Å²) in [7, 11) is 1.37. The van der Waals surface area contributed by atoms with Gasteiger partial charge in [-0.05, 0) is 18.1 Å². The summed E-state index contributed by atoms with van der Waals surface area (Å²) in [4.78, 5) is 22.9. The molecule has 0 saturated carbocycles. The molecule has 0 amide bonds. The number of rotatable bonds is 4. The largest absolute Gasteiger partial charge is 0.469 e. The fourth-order valence-corrected chi connectivity index (χ4v) is 2.38. The van der Waals surface area contributed by atoms with Gasteiger partial charge in [0.25, 0.3) is 0 Å². The Morgan fingerprint density at radius 1 is 1.32 bits per heavy atom. The fraction of sp³-hybridized carbons (Fsp3) is 0.333. The lowest BCUT2D eigenvalue weighted by molar-refractivity contribution is -0.141. The number of ether oxygens (including phenoxy) is 1. The SMILES string of the molecule is C=C(C(C)=O)[C@@H]1N[C@H](CC(=O)OC)c2ccccc21. The summed E-state index contributed by atoms with van der Waals surface area (Å²) in [6.45, 7) is 5.34. The molecule has 4 nitrogen and oxygen atoms in total. The minimum atomic E-state index is -0.276. The van der Waals surface area contributed by atoms with Gasteiger partial charge >= 0.3 is 5.97 Å². The molecule has 0 radical (unpaired) electrons. The molecule has 0 fully saturated rings. The van der Waals surface area contributed by atoms with Gasteiger partial charge in [0.15, 0.2) is 5.78 Å². The summed E-state index contributed by atoms with van der Waals surface area (Å²) in [5.74, 6) is -0.326. The van der Waals surface area contributed by atoms with E-state index in [4.69, 9.17) is 4.74 Å². The van der Waals surface area contributed by atoms with E-state index in [-0.39, 0.29) is 30.3 Å². The van der Waals surface area contributed by atoms with E-state index in [1.165, 1.54) is 14.0 Å². The van der Waals surface area contributed by atoms with Crippen LogP contribution >= 0.6 is 0 Å². The van der Waals surface area contributed by atoms with Crippen LogP contribution in [-0.4, -0.2) is 18.9 Å². The Bertz CT molecular complexity index is 536. The number of benzene rings is 1. The monoisotopic (exact) mass is 259 g/mol. The lowest BCUT2D eigenvalue weighted by Gasteiger charge is -2.15. The summed E-state index contributed by atoms with van der Waals surface area (Å²) in [6.07, 6.45) is 0.245. The number of fused-ring (bicyclic) bond motifs is 1. The standard InChI is InChI=1S/C15H17NO3/c1-9(10(2)17)15-12-7-5-4-6-11(12)13(16-15)8-14(18)19-3/h4-7,13,15-16H,1,8H2,2-3H3/t13-,15+/m1/s1. The zero-order valence-electron chi connectivity index (χ0n) is 11.1. The van der Waals surface area contributed by atoms with Crippen molar-refractivity contribution >= 4 is 11.8 Å². The van der Waals surface area contributed by atoms with Crippen LogP contribution in [-0.2, 0) is 14.3 Å². The van der Waals surface area contributed by atoms with E-state index in [0.717, 1.165) is 11.1 Å². The molecule has 0 saturated heterocycles. The van der Waals surface area contributed by atoms with Crippen molar-refractivity contribution in [3.05, 3.63) is 47.5 Å². The average Bonchev–Trinajstić information content (AvgIpc) is 2.76. The minimum Gasteiger partial charge on any atom is -0.469 e. The molecule has 4 heteroatoms. The number of hydrogen-bond donors (Lipinski definition) is 1. The smallest absolute Gasteiger partial charge is 0.307 e. The van der Waals surface area contributed by atoms with Gasteiger partial charge in [-0.2, -0.15) is 0 Å². The van der Waals surface area contributed by atoms with Crippen LogP contribution in [0.5, 0.6) is 0 Å². The predicted molar refractivity (Wildman–Crippen MR) is 71.5 cm³/mol. The fourth-order valence-electron chi connectivity index (χ4n) is 2.38. The first-order valence-electron chi connectivity index (χ1n) is 6.16.